The van der Waals surface area contributed by atoms with Gasteiger partial charge in [-0.15, -0.1) is 21.5 Å². The molecule has 1 fully saturated rings. The average Bonchev–Trinajstić information content (AvgIpc) is 3.29. The molecule has 1 amide bonds. The maximum atomic E-state index is 12.8. The molecule has 0 spiro atoms. The van der Waals surface area contributed by atoms with Crippen molar-refractivity contribution in [3.8, 4) is 0 Å². The molecule has 1 saturated heterocycles. The van der Waals surface area contributed by atoms with Gasteiger partial charge in [-0.3, -0.25) is 4.79 Å². The van der Waals surface area contributed by atoms with E-state index in [0.29, 0.717) is 5.92 Å². The molecule has 0 unspecified atom stereocenters. The van der Waals surface area contributed by atoms with Crippen LogP contribution < -0.4 is 0 Å². The number of likely N-dealkylation sites (tertiary alicyclic amines) is 1. The molecular weight excluding hydrogens is 322 g/mol. The molecular formula is C17H23N5OS. The van der Waals surface area contributed by atoms with E-state index in [4.69, 9.17) is 0 Å². The zero-order valence-corrected chi connectivity index (χ0v) is 15.1. The van der Waals surface area contributed by atoms with Gasteiger partial charge in [0, 0.05) is 32.0 Å². The number of piperidine rings is 1. The third kappa shape index (κ3) is 2.64. The zero-order chi connectivity index (χ0) is 16.7. The second kappa shape index (κ2) is 6.27. The average molecular weight is 345 g/mol. The smallest absolute Gasteiger partial charge is 0.265 e. The van der Waals surface area contributed by atoms with Crippen LogP contribution >= 0.6 is 11.3 Å². The number of hydrogen-bond donors (Lipinski definition) is 0. The first kappa shape index (κ1) is 15.7. The van der Waals surface area contributed by atoms with Crippen molar-refractivity contribution in [3.05, 3.63) is 27.2 Å². The predicted molar refractivity (Wildman–Crippen MR) is 92.5 cm³/mol. The maximum absolute atomic E-state index is 12.8. The van der Waals surface area contributed by atoms with Gasteiger partial charge in [-0.2, -0.15) is 0 Å². The minimum atomic E-state index is 0.148. The first-order valence-corrected chi connectivity index (χ1v) is 9.66. The molecule has 0 atom stereocenters. The number of hydrogen-bond acceptors (Lipinski definition) is 5. The molecule has 128 valence electrons. The molecule has 7 heteroatoms. The quantitative estimate of drug-likeness (QED) is 0.858. The lowest BCUT2D eigenvalue weighted by atomic mass is 9.95. The highest BCUT2D eigenvalue weighted by Gasteiger charge is 2.30. The van der Waals surface area contributed by atoms with E-state index >= 15 is 0 Å². The summed E-state index contributed by atoms with van der Waals surface area (Å²) in [5.41, 5.74) is 0.874. The van der Waals surface area contributed by atoms with Gasteiger partial charge in [0.2, 0.25) is 0 Å². The summed E-state index contributed by atoms with van der Waals surface area (Å²) in [5.74, 6) is 2.85. The second-order valence-corrected chi connectivity index (χ2v) is 7.76. The largest absolute Gasteiger partial charge is 0.338 e. The van der Waals surface area contributed by atoms with E-state index in [0.717, 1.165) is 72.5 Å². The van der Waals surface area contributed by atoms with Crippen LogP contribution in [-0.2, 0) is 19.4 Å². The normalized spacial score (nSPS) is 18.2. The lowest BCUT2D eigenvalue weighted by Crippen LogP contribution is -2.38. The molecule has 24 heavy (non-hydrogen) atoms. The summed E-state index contributed by atoms with van der Waals surface area (Å²) in [7, 11) is 0. The van der Waals surface area contributed by atoms with Crippen LogP contribution in [0, 0.1) is 6.92 Å². The van der Waals surface area contributed by atoms with E-state index in [9.17, 15) is 4.79 Å². The molecule has 0 aliphatic carbocycles. The first-order chi connectivity index (χ1) is 11.7. The Morgan fingerprint density at radius 3 is 2.75 bits per heavy atom. The lowest BCUT2D eigenvalue weighted by molar-refractivity contribution is 0.0714. The van der Waals surface area contributed by atoms with Crippen molar-refractivity contribution >= 4 is 17.2 Å². The molecule has 0 aromatic carbocycles. The molecule has 2 aromatic rings. The van der Waals surface area contributed by atoms with E-state index in [2.05, 4.69) is 26.7 Å². The molecule has 2 aliphatic heterocycles. The summed E-state index contributed by atoms with van der Waals surface area (Å²) in [4.78, 5) is 20.1. The molecule has 6 nitrogen and oxygen atoms in total. The minimum absolute atomic E-state index is 0.148. The van der Waals surface area contributed by atoms with Gasteiger partial charge in [0.25, 0.3) is 5.91 Å². The van der Waals surface area contributed by atoms with Crippen molar-refractivity contribution in [1.82, 2.24) is 24.6 Å². The third-order valence-corrected chi connectivity index (χ3v) is 6.41. The zero-order valence-electron chi connectivity index (χ0n) is 14.3. The number of carbonyl (C=O) groups is 1. The number of fused-ring (bicyclic) bond motifs is 1. The maximum Gasteiger partial charge on any atom is 0.265 e. The standard InChI is InChI=1S/C17H23N5OS/c1-3-14-18-11(2)15(24-14)17(23)21-9-6-12(7-10-21)16-20-19-13-5-4-8-22(13)16/h12H,3-10H2,1-2H3. The van der Waals surface area contributed by atoms with Crippen molar-refractivity contribution < 1.29 is 4.79 Å². The minimum Gasteiger partial charge on any atom is -0.338 e. The Labute approximate surface area is 145 Å². The Kier molecular flexibility index (Phi) is 4.12. The number of amides is 1. The van der Waals surface area contributed by atoms with Crippen molar-refractivity contribution in [2.45, 2.75) is 58.4 Å². The van der Waals surface area contributed by atoms with Crippen molar-refractivity contribution in [1.29, 1.82) is 0 Å². The van der Waals surface area contributed by atoms with Gasteiger partial charge in [0.05, 0.1) is 10.7 Å². The predicted octanol–water partition coefficient (Wildman–Crippen LogP) is 2.57. The number of thiazole rings is 1. The molecule has 2 aromatic heterocycles. The van der Waals surface area contributed by atoms with Crippen LogP contribution in [0.3, 0.4) is 0 Å². The Bertz CT molecular complexity index is 757. The van der Waals surface area contributed by atoms with Gasteiger partial charge >= 0.3 is 0 Å². The fourth-order valence-electron chi connectivity index (χ4n) is 3.76. The van der Waals surface area contributed by atoms with Gasteiger partial charge in [0.15, 0.2) is 0 Å². The molecule has 4 heterocycles. The van der Waals surface area contributed by atoms with Crippen molar-refractivity contribution in [3.63, 3.8) is 0 Å². The van der Waals surface area contributed by atoms with Gasteiger partial charge < -0.3 is 9.47 Å². The van der Waals surface area contributed by atoms with Gasteiger partial charge in [-0.25, -0.2) is 4.98 Å². The molecule has 2 aliphatic rings. The molecule has 4 rings (SSSR count). The fraction of sp³-hybridized carbons (Fsp3) is 0.647. The fourth-order valence-corrected chi connectivity index (χ4v) is 4.73. The Morgan fingerprint density at radius 2 is 2.04 bits per heavy atom. The van der Waals surface area contributed by atoms with Gasteiger partial charge in [0.1, 0.15) is 16.5 Å². The summed E-state index contributed by atoms with van der Waals surface area (Å²) in [6.45, 7) is 6.66. The van der Waals surface area contributed by atoms with Crippen molar-refractivity contribution in [2.75, 3.05) is 13.1 Å². The number of aryl methyl sites for hydroxylation is 3. The highest BCUT2D eigenvalue weighted by Crippen LogP contribution is 2.30. The van der Waals surface area contributed by atoms with Crippen LogP contribution in [0.4, 0.5) is 0 Å². The summed E-state index contributed by atoms with van der Waals surface area (Å²) < 4.78 is 2.29. The van der Waals surface area contributed by atoms with E-state index in [1.54, 1.807) is 11.3 Å². The topological polar surface area (TPSA) is 63.9 Å². The number of carbonyl (C=O) groups excluding carboxylic acids is 1. The lowest BCUT2D eigenvalue weighted by Gasteiger charge is -2.31. The Hall–Kier alpha value is -1.76. The van der Waals surface area contributed by atoms with Crippen LogP contribution in [0.1, 0.15) is 64.1 Å². The van der Waals surface area contributed by atoms with Crippen LogP contribution in [-0.4, -0.2) is 43.6 Å². The second-order valence-electron chi connectivity index (χ2n) is 6.67. The number of nitrogens with zero attached hydrogens (tertiary/aromatic N) is 5. The summed E-state index contributed by atoms with van der Waals surface area (Å²) in [6, 6.07) is 0. The summed E-state index contributed by atoms with van der Waals surface area (Å²) in [5, 5.41) is 9.79. The Morgan fingerprint density at radius 1 is 1.25 bits per heavy atom. The summed E-state index contributed by atoms with van der Waals surface area (Å²) in [6.07, 6.45) is 5.07. The molecule has 0 bridgehead atoms. The highest BCUT2D eigenvalue weighted by molar-refractivity contribution is 7.13. The van der Waals surface area contributed by atoms with E-state index < -0.39 is 0 Å². The van der Waals surface area contributed by atoms with Crippen LogP contribution in [0.2, 0.25) is 0 Å². The van der Waals surface area contributed by atoms with E-state index in [1.165, 1.54) is 6.42 Å². The van der Waals surface area contributed by atoms with Crippen LogP contribution in [0.25, 0.3) is 0 Å². The molecule has 0 saturated carbocycles. The summed E-state index contributed by atoms with van der Waals surface area (Å²) >= 11 is 1.55. The van der Waals surface area contributed by atoms with E-state index in [-0.39, 0.29) is 5.91 Å². The number of aromatic nitrogens is 4. The van der Waals surface area contributed by atoms with Crippen LogP contribution in [0.15, 0.2) is 0 Å². The van der Waals surface area contributed by atoms with Gasteiger partial charge in [-0.1, -0.05) is 6.92 Å². The first-order valence-electron chi connectivity index (χ1n) is 8.85. The van der Waals surface area contributed by atoms with E-state index in [1.807, 2.05) is 11.8 Å². The van der Waals surface area contributed by atoms with Gasteiger partial charge in [-0.05, 0) is 32.6 Å². The monoisotopic (exact) mass is 345 g/mol. The third-order valence-electron chi connectivity index (χ3n) is 5.12. The SMILES string of the molecule is CCc1nc(C)c(C(=O)N2CCC(c3nnc4n3CCC4)CC2)s1. The van der Waals surface area contributed by atoms with Crippen molar-refractivity contribution in [2.24, 2.45) is 0 Å². The Balaban J connectivity index is 1.44. The number of rotatable bonds is 3. The van der Waals surface area contributed by atoms with Crippen LogP contribution in [0.5, 0.6) is 0 Å². The highest BCUT2D eigenvalue weighted by atomic mass is 32.1. The molecule has 0 radical (unpaired) electrons. The molecule has 0 N–H and O–H groups in total.